The molecule has 5 nitrogen and oxygen atoms in total. The number of hydrogen-bond acceptors (Lipinski definition) is 4. The van der Waals surface area contributed by atoms with Crippen molar-refractivity contribution < 1.29 is 23.0 Å². The predicted octanol–water partition coefficient (Wildman–Crippen LogP) is 5.82. The van der Waals surface area contributed by atoms with E-state index < -0.39 is 11.6 Å². The van der Waals surface area contributed by atoms with Gasteiger partial charge in [0.15, 0.2) is 17.2 Å². The number of nitrogens with zero attached hydrogens (tertiary/aromatic N) is 2. The van der Waals surface area contributed by atoms with Gasteiger partial charge < -0.3 is 9.47 Å². The minimum absolute atomic E-state index is 0.0157. The molecule has 7 heteroatoms. The second-order valence-electron chi connectivity index (χ2n) is 8.96. The summed E-state index contributed by atoms with van der Waals surface area (Å²) in [6.45, 7) is 2.72. The van der Waals surface area contributed by atoms with Crippen LogP contribution in [0.3, 0.4) is 0 Å². The number of Topliss-reactive ketones (excluding diaryl/α,β-unsaturated/α-hetero) is 1. The predicted molar refractivity (Wildman–Crippen MR) is 128 cm³/mol. The van der Waals surface area contributed by atoms with E-state index in [1.807, 2.05) is 18.2 Å². The summed E-state index contributed by atoms with van der Waals surface area (Å²) in [5, 5.41) is 0. The smallest absolute Gasteiger partial charge is 0.182 e. The van der Waals surface area contributed by atoms with Gasteiger partial charge in [-0.05, 0) is 49.6 Å². The Bertz CT molecular complexity index is 1340. The molecule has 1 fully saturated rings. The molecular weight excluding hydrogens is 450 g/mol. The minimum Gasteiger partial charge on any atom is -0.485 e. The fourth-order valence-electron chi connectivity index (χ4n) is 4.94. The largest absolute Gasteiger partial charge is 0.485 e. The second-order valence-corrected chi connectivity index (χ2v) is 8.96. The lowest BCUT2D eigenvalue weighted by molar-refractivity contribution is 0.0448. The molecule has 2 aromatic heterocycles. The molecule has 0 N–H and O–H groups in total. The molecule has 0 bridgehead atoms. The maximum Gasteiger partial charge on any atom is 0.182 e. The van der Waals surface area contributed by atoms with Gasteiger partial charge in [-0.25, -0.2) is 13.8 Å². The highest BCUT2D eigenvalue weighted by molar-refractivity contribution is 5.97. The summed E-state index contributed by atoms with van der Waals surface area (Å²) in [6.07, 6.45) is 3.63. The van der Waals surface area contributed by atoms with Gasteiger partial charge in [0.1, 0.15) is 23.9 Å². The molecule has 0 aliphatic carbocycles. The third-order valence-electron chi connectivity index (χ3n) is 6.82. The normalized spacial score (nSPS) is 15.3. The number of pyridine rings is 1. The summed E-state index contributed by atoms with van der Waals surface area (Å²) in [6, 6.07) is 17.2. The first-order chi connectivity index (χ1) is 17.0. The summed E-state index contributed by atoms with van der Waals surface area (Å²) < 4.78 is 41.2. The van der Waals surface area contributed by atoms with E-state index in [4.69, 9.17) is 9.47 Å². The molecule has 1 aliphatic rings. The first-order valence-corrected chi connectivity index (χ1v) is 11.7. The molecule has 0 spiro atoms. The standard InChI is InChI=1S/C28H26F2N2O3/c1-19-26(24(33)17-28(12-15-34-16-13-28)20-7-3-2-4-8-20)32-14-6-11-25(27(32)31-19)35-18-21-22(29)9-5-10-23(21)30/h2-11,14H,12-13,15-18H2,1H3. The van der Waals surface area contributed by atoms with Crippen LogP contribution in [-0.2, 0) is 16.8 Å². The van der Waals surface area contributed by atoms with Gasteiger partial charge in [0.2, 0.25) is 0 Å². The Labute approximate surface area is 202 Å². The summed E-state index contributed by atoms with van der Waals surface area (Å²) in [4.78, 5) is 18.3. The Morgan fingerprint density at radius 2 is 1.74 bits per heavy atom. The van der Waals surface area contributed by atoms with Crippen LogP contribution in [0, 0.1) is 18.6 Å². The number of benzene rings is 2. The van der Waals surface area contributed by atoms with Crippen LogP contribution in [0.1, 0.15) is 46.6 Å². The fourth-order valence-corrected chi connectivity index (χ4v) is 4.94. The fraction of sp³-hybridized carbons (Fsp3) is 0.286. The summed E-state index contributed by atoms with van der Waals surface area (Å²) in [5.41, 5.74) is 2.19. The van der Waals surface area contributed by atoms with Crippen LogP contribution in [0.5, 0.6) is 5.75 Å². The van der Waals surface area contributed by atoms with Crippen molar-refractivity contribution in [3.05, 3.63) is 101 Å². The van der Waals surface area contributed by atoms with Gasteiger partial charge in [-0.1, -0.05) is 36.4 Å². The van der Waals surface area contributed by atoms with Gasteiger partial charge >= 0.3 is 0 Å². The van der Waals surface area contributed by atoms with Gasteiger partial charge in [0.25, 0.3) is 0 Å². The van der Waals surface area contributed by atoms with Crippen LogP contribution in [0.2, 0.25) is 0 Å². The first-order valence-electron chi connectivity index (χ1n) is 11.7. The van der Waals surface area contributed by atoms with E-state index in [-0.39, 0.29) is 23.4 Å². The van der Waals surface area contributed by atoms with Crippen LogP contribution >= 0.6 is 0 Å². The number of imidazole rings is 1. The van der Waals surface area contributed by atoms with Gasteiger partial charge in [-0.2, -0.15) is 0 Å². The van der Waals surface area contributed by atoms with Crippen molar-refractivity contribution in [1.82, 2.24) is 9.38 Å². The molecule has 4 aromatic rings. The Morgan fingerprint density at radius 3 is 2.46 bits per heavy atom. The molecule has 5 rings (SSSR count). The maximum absolute atomic E-state index is 14.0. The number of aryl methyl sites for hydroxylation is 1. The third kappa shape index (κ3) is 4.44. The second kappa shape index (κ2) is 9.58. The van der Waals surface area contributed by atoms with Crippen molar-refractivity contribution in [1.29, 1.82) is 0 Å². The van der Waals surface area contributed by atoms with Gasteiger partial charge in [-0.3, -0.25) is 9.20 Å². The van der Waals surface area contributed by atoms with E-state index in [1.54, 1.807) is 29.7 Å². The van der Waals surface area contributed by atoms with Crippen molar-refractivity contribution in [3.8, 4) is 5.75 Å². The number of aromatic nitrogens is 2. The third-order valence-corrected chi connectivity index (χ3v) is 6.82. The van der Waals surface area contributed by atoms with Crippen molar-refractivity contribution in [2.24, 2.45) is 0 Å². The van der Waals surface area contributed by atoms with Crippen LogP contribution in [0.4, 0.5) is 8.78 Å². The molecule has 180 valence electrons. The Hall–Kier alpha value is -3.58. The lowest BCUT2D eigenvalue weighted by Gasteiger charge is -2.37. The van der Waals surface area contributed by atoms with Crippen molar-refractivity contribution in [2.45, 2.75) is 38.2 Å². The number of fused-ring (bicyclic) bond motifs is 1. The molecule has 0 radical (unpaired) electrons. The highest BCUT2D eigenvalue weighted by atomic mass is 19.1. The van der Waals surface area contributed by atoms with Crippen molar-refractivity contribution in [3.63, 3.8) is 0 Å². The SMILES string of the molecule is Cc1nc2c(OCc3c(F)cccc3F)cccn2c1C(=O)CC1(c2ccccc2)CCOCC1. The topological polar surface area (TPSA) is 52.8 Å². The quantitative estimate of drug-likeness (QED) is 0.316. The van der Waals surface area contributed by atoms with Crippen LogP contribution in [0.25, 0.3) is 5.65 Å². The maximum atomic E-state index is 14.0. The monoisotopic (exact) mass is 476 g/mol. The summed E-state index contributed by atoms with van der Waals surface area (Å²) in [7, 11) is 0. The molecule has 0 unspecified atom stereocenters. The Balaban J connectivity index is 1.46. The average Bonchev–Trinajstić information content (AvgIpc) is 3.21. The number of rotatable bonds is 7. The highest BCUT2D eigenvalue weighted by Gasteiger charge is 2.37. The van der Waals surface area contributed by atoms with Crippen molar-refractivity contribution in [2.75, 3.05) is 13.2 Å². The Morgan fingerprint density at radius 1 is 1.03 bits per heavy atom. The number of hydrogen-bond donors (Lipinski definition) is 0. The highest BCUT2D eigenvalue weighted by Crippen LogP contribution is 2.39. The molecule has 3 heterocycles. The number of ketones is 1. The lowest BCUT2D eigenvalue weighted by Crippen LogP contribution is -2.36. The molecule has 2 aromatic carbocycles. The molecule has 1 aliphatic heterocycles. The molecule has 0 saturated carbocycles. The summed E-state index contributed by atoms with van der Waals surface area (Å²) >= 11 is 0. The van der Waals surface area contributed by atoms with Gasteiger partial charge in [0, 0.05) is 31.2 Å². The molecule has 35 heavy (non-hydrogen) atoms. The van der Waals surface area contributed by atoms with Crippen LogP contribution < -0.4 is 4.74 Å². The number of halogens is 2. The Kier molecular flexibility index (Phi) is 6.34. The zero-order valence-electron chi connectivity index (χ0n) is 19.5. The van der Waals surface area contributed by atoms with Gasteiger partial charge in [-0.15, -0.1) is 0 Å². The lowest BCUT2D eigenvalue weighted by atomic mass is 9.70. The number of ether oxygens (including phenoxy) is 2. The zero-order chi connectivity index (χ0) is 24.4. The molecule has 0 atom stereocenters. The number of carbonyl (C=O) groups is 1. The van der Waals surface area contributed by atoms with E-state index in [2.05, 4.69) is 17.1 Å². The zero-order valence-corrected chi connectivity index (χ0v) is 19.5. The molecular formula is C28H26F2N2O3. The van der Waals surface area contributed by atoms with Crippen LogP contribution in [0.15, 0.2) is 66.9 Å². The van der Waals surface area contributed by atoms with E-state index in [1.165, 1.54) is 18.2 Å². The van der Waals surface area contributed by atoms with E-state index in [0.717, 1.165) is 18.4 Å². The first kappa shape index (κ1) is 23.2. The van der Waals surface area contributed by atoms with Gasteiger partial charge in [0.05, 0.1) is 11.3 Å². The number of carbonyl (C=O) groups excluding carboxylic acids is 1. The van der Waals surface area contributed by atoms with E-state index in [0.29, 0.717) is 42.4 Å². The molecule has 0 amide bonds. The van der Waals surface area contributed by atoms with Crippen molar-refractivity contribution >= 4 is 11.4 Å². The average molecular weight is 477 g/mol. The van der Waals surface area contributed by atoms with E-state index in [9.17, 15) is 13.6 Å². The molecule has 1 saturated heterocycles. The van der Waals surface area contributed by atoms with E-state index >= 15 is 0 Å². The minimum atomic E-state index is -0.671. The van der Waals surface area contributed by atoms with Crippen LogP contribution in [-0.4, -0.2) is 28.4 Å². The summed E-state index contributed by atoms with van der Waals surface area (Å²) in [5.74, 6) is -1.01.